The minimum absolute atomic E-state index is 0.374. The molecule has 1 fully saturated rings. The standard InChI is InChI=1S/C11H23NO/c1-3-10(4-2)7-12-6-5-11(8-12)9-13/h10-11,13H,3-9H2,1-2H3. The summed E-state index contributed by atoms with van der Waals surface area (Å²) < 4.78 is 0. The van der Waals surface area contributed by atoms with Crippen LogP contribution in [0.1, 0.15) is 33.1 Å². The second-order valence-electron chi connectivity index (χ2n) is 4.28. The lowest BCUT2D eigenvalue weighted by atomic mass is 10.0. The Balaban J connectivity index is 2.22. The summed E-state index contributed by atoms with van der Waals surface area (Å²) in [7, 11) is 0. The highest BCUT2D eigenvalue weighted by Gasteiger charge is 2.22. The second-order valence-corrected chi connectivity index (χ2v) is 4.28. The molecule has 1 heterocycles. The number of rotatable bonds is 5. The molecule has 78 valence electrons. The zero-order chi connectivity index (χ0) is 9.68. The van der Waals surface area contributed by atoms with Crippen molar-refractivity contribution in [3.63, 3.8) is 0 Å². The SMILES string of the molecule is CCC(CC)CN1CCC(CO)C1. The van der Waals surface area contributed by atoms with Crippen LogP contribution in [0.4, 0.5) is 0 Å². The van der Waals surface area contributed by atoms with E-state index < -0.39 is 0 Å². The van der Waals surface area contributed by atoms with Gasteiger partial charge in [0.25, 0.3) is 0 Å². The van der Waals surface area contributed by atoms with Gasteiger partial charge < -0.3 is 10.0 Å². The van der Waals surface area contributed by atoms with Crippen molar-refractivity contribution in [2.75, 3.05) is 26.2 Å². The van der Waals surface area contributed by atoms with E-state index in [1.54, 1.807) is 0 Å². The normalized spacial score (nSPS) is 24.5. The Hall–Kier alpha value is -0.0800. The maximum absolute atomic E-state index is 9.01. The molecule has 0 amide bonds. The topological polar surface area (TPSA) is 23.5 Å². The van der Waals surface area contributed by atoms with Gasteiger partial charge in [-0.1, -0.05) is 26.7 Å². The van der Waals surface area contributed by atoms with Gasteiger partial charge in [0, 0.05) is 19.7 Å². The van der Waals surface area contributed by atoms with E-state index in [9.17, 15) is 0 Å². The fraction of sp³-hybridized carbons (Fsp3) is 1.00. The maximum atomic E-state index is 9.01. The lowest BCUT2D eigenvalue weighted by molar-refractivity contribution is 0.210. The van der Waals surface area contributed by atoms with E-state index in [4.69, 9.17) is 5.11 Å². The Morgan fingerprint density at radius 1 is 1.38 bits per heavy atom. The van der Waals surface area contributed by atoms with Crippen LogP contribution in [0.25, 0.3) is 0 Å². The highest BCUT2D eigenvalue weighted by molar-refractivity contribution is 4.76. The Bertz CT molecular complexity index is 134. The van der Waals surface area contributed by atoms with Crippen molar-refractivity contribution in [3.8, 4) is 0 Å². The molecule has 1 aliphatic heterocycles. The zero-order valence-corrected chi connectivity index (χ0v) is 9.00. The van der Waals surface area contributed by atoms with Crippen LogP contribution in [-0.4, -0.2) is 36.2 Å². The summed E-state index contributed by atoms with van der Waals surface area (Å²) in [6.45, 7) is 8.47. The molecule has 0 saturated carbocycles. The summed E-state index contributed by atoms with van der Waals surface area (Å²) in [4.78, 5) is 2.51. The second kappa shape index (κ2) is 5.61. The predicted molar refractivity (Wildman–Crippen MR) is 55.7 cm³/mol. The van der Waals surface area contributed by atoms with Crippen molar-refractivity contribution in [2.45, 2.75) is 33.1 Å². The largest absolute Gasteiger partial charge is 0.396 e. The monoisotopic (exact) mass is 185 g/mol. The van der Waals surface area contributed by atoms with Gasteiger partial charge in [-0.3, -0.25) is 0 Å². The first kappa shape index (κ1) is 11.0. The fourth-order valence-corrected chi connectivity index (χ4v) is 2.14. The van der Waals surface area contributed by atoms with E-state index in [0.717, 1.165) is 12.5 Å². The van der Waals surface area contributed by atoms with Gasteiger partial charge in [0.15, 0.2) is 0 Å². The van der Waals surface area contributed by atoms with Crippen molar-refractivity contribution < 1.29 is 5.11 Å². The van der Waals surface area contributed by atoms with E-state index >= 15 is 0 Å². The molecule has 1 rings (SSSR count). The van der Waals surface area contributed by atoms with E-state index in [1.807, 2.05) is 0 Å². The van der Waals surface area contributed by atoms with Crippen molar-refractivity contribution in [1.82, 2.24) is 4.90 Å². The van der Waals surface area contributed by atoms with Gasteiger partial charge in [-0.2, -0.15) is 0 Å². The van der Waals surface area contributed by atoms with Crippen molar-refractivity contribution in [2.24, 2.45) is 11.8 Å². The van der Waals surface area contributed by atoms with Gasteiger partial charge in [0.2, 0.25) is 0 Å². The van der Waals surface area contributed by atoms with Crippen molar-refractivity contribution >= 4 is 0 Å². The molecule has 13 heavy (non-hydrogen) atoms. The van der Waals surface area contributed by atoms with Gasteiger partial charge in [-0.25, -0.2) is 0 Å². The van der Waals surface area contributed by atoms with Crippen LogP contribution < -0.4 is 0 Å². The first-order valence-electron chi connectivity index (χ1n) is 5.63. The van der Waals surface area contributed by atoms with Crippen LogP contribution in [0.5, 0.6) is 0 Å². The van der Waals surface area contributed by atoms with Gasteiger partial charge in [-0.05, 0) is 24.8 Å². The van der Waals surface area contributed by atoms with Crippen LogP contribution in [0, 0.1) is 11.8 Å². The molecule has 0 radical (unpaired) electrons. The smallest absolute Gasteiger partial charge is 0.0471 e. The Kier molecular flexibility index (Phi) is 4.74. The summed E-state index contributed by atoms with van der Waals surface area (Å²) in [5.41, 5.74) is 0. The first-order valence-corrected chi connectivity index (χ1v) is 5.63. The molecular formula is C11H23NO. The first-order chi connectivity index (χ1) is 6.30. The number of aliphatic hydroxyl groups excluding tert-OH is 1. The molecule has 0 aromatic heterocycles. The summed E-state index contributed by atoms with van der Waals surface area (Å²) in [6, 6.07) is 0. The summed E-state index contributed by atoms with van der Waals surface area (Å²) in [5.74, 6) is 1.41. The number of hydrogen-bond donors (Lipinski definition) is 1. The molecule has 1 aliphatic rings. The lowest BCUT2D eigenvalue weighted by Gasteiger charge is -2.21. The minimum Gasteiger partial charge on any atom is -0.396 e. The molecule has 2 heteroatoms. The predicted octanol–water partition coefficient (Wildman–Crippen LogP) is 1.74. The van der Waals surface area contributed by atoms with Gasteiger partial charge in [0.05, 0.1) is 0 Å². The van der Waals surface area contributed by atoms with Crippen molar-refractivity contribution in [1.29, 1.82) is 0 Å². The van der Waals surface area contributed by atoms with Crippen LogP contribution in [0.15, 0.2) is 0 Å². The molecule has 1 unspecified atom stereocenters. The highest BCUT2D eigenvalue weighted by atomic mass is 16.3. The van der Waals surface area contributed by atoms with Gasteiger partial charge in [0.1, 0.15) is 0 Å². The number of aliphatic hydroxyl groups is 1. The molecule has 0 aromatic carbocycles. The third-order valence-electron chi connectivity index (χ3n) is 3.30. The zero-order valence-electron chi connectivity index (χ0n) is 9.00. The average molecular weight is 185 g/mol. The molecule has 1 saturated heterocycles. The molecule has 0 spiro atoms. The van der Waals surface area contributed by atoms with Crippen LogP contribution >= 0.6 is 0 Å². The fourth-order valence-electron chi connectivity index (χ4n) is 2.14. The third kappa shape index (κ3) is 3.28. The maximum Gasteiger partial charge on any atom is 0.0471 e. The number of hydrogen-bond acceptors (Lipinski definition) is 2. The van der Waals surface area contributed by atoms with Crippen LogP contribution in [0.3, 0.4) is 0 Å². The number of likely N-dealkylation sites (tertiary alicyclic amines) is 1. The van der Waals surface area contributed by atoms with Crippen LogP contribution in [-0.2, 0) is 0 Å². The Labute approximate surface area is 81.9 Å². The quantitative estimate of drug-likeness (QED) is 0.705. The van der Waals surface area contributed by atoms with Crippen LogP contribution in [0.2, 0.25) is 0 Å². The van der Waals surface area contributed by atoms with E-state index in [-0.39, 0.29) is 0 Å². The Morgan fingerprint density at radius 2 is 2.08 bits per heavy atom. The van der Waals surface area contributed by atoms with Crippen molar-refractivity contribution in [3.05, 3.63) is 0 Å². The molecule has 0 aliphatic carbocycles. The molecule has 0 bridgehead atoms. The minimum atomic E-state index is 0.374. The third-order valence-corrected chi connectivity index (χ3v) is 3.30. The highest BCUT2D eigenvalue weighted by Crippen LogP contribution is 2.18. The lowest BCUT2D eigenvalue weighted by Crippen LogP contribution is -2.27. The summed E-state index contributed by atoms with van der Waals surface area (Å²) in [6.07, 6.45) is 3.77. The van der Waals surface area contributed by atoms with E-state index in [2.05, 4.69) is 18.7 Å². The molecule has 2 nitrogen and oxygen atoms in total. The number of nitrogens with zero attached hydrogens (tertiary/aromatic N) is 1. The Morgan fingerprint density at radius 3 is 2.54 bits per heavy atom. The van der Waals surface area contributed by atoms with Gasteiger partial charge >= 0.3 is 0 Å². The van der Waals surface area contributed by atoms with E-state index in [0.29, 0.717) is 12.5 Å². The molecular weight excluding hydrogens is 162 g/mol. The average Bonchev–Trinajstić information content (AvgIpc) is 2.61. The van der Waals surface area contributed by atoms with Gasteiger partial charge in [-0.15, -0.1) is 0 Å². The molecule has 1 atom stereocenters. The van der Waals surface area contributed by atoms with E-state index in [1.165, 1.54) is 32.4 Å². The summed E-state index contributed by atoms with van der Waals surface area (Å²) >= 11 is 0. The summed E-state index contributed by atoms with van der Waals surface area (Å²) in [5, 5.41) is 9.01. The molecule has 0 aromatic rings. The molecule has 1 N–H and O–H groups in total.